The summed E-state index contributed by atoms with van der Waals surface area (Å²) in [7, 11) is -12.6. The normalized spacial score (nSPS) is 13.6. The number of alkyl halides is 6. The van der Waals surface area contributed by atoms with Crippen LogP contribution in [0.25, 0.3) is 10.8 Å². The van der Waals surface area contributed by atoms with Crippen molar-refractivity contribution < 1.29 is 51.5 Å². The van der Waals surface area contributed by atoms with Crippen LogP contribution in [0.1, 0.15) is 0 Å². The van der Waals surface area contributed by atoms with Gasteiger partial charge >= 0.3 is 31.3 Å². The number of benzene rings is 2. The van der Waals surface area contributed by atoms with Crippen LogP contribution in [0.4, 0.5) is 26.3 Å². The van der Waals surface area contributed by atoms with Gasteiger partial charge in [0.1, 0.15) is 0 Å². The van der Waals surface area contributed by atoms with Gasteiger partial charge in [0.2, 0.25) is 0 Å². The van der Waals surface area contributed by atoms with E-state index < -0.39 is 42.8 Å². The Kier molecular flexibility index (Phi) is 4.78. The van der Waals surface area contributed by atoms with Crippen molar-refractivity contribution >= 4 is 31.0 Å². The third-order valence-corrected chi connectivity index (χ3v) is 4.71. The SMILES string of the molecule is O=S(=O)(Oc1cc2ccccc2cc1OS(=O)(=O)C(F)(F)F)C(F)(F)F. The second kappa shape index (κ2) is 6.19. The molecule has 0 spiro atoms. The molecule has 0 aliphatic heterocycles. The zero-order chi connectivity index (χ0) is 20.0. The number of hydrogen-bond donors (Lipinski definition) is 0. The molecule has 0 N–H and O–H groups in total. The minimum absolute atomic E-state index is 0.0524. The summed E-state index contributed by atoms with van der Waals surface area (Å²) in [5, 5.41) is 0.105. The van der Waals surface area contributed by atoms with Gasteiger partial charge in [-0.25, -0.2) is 0 Å². The fraction of sp³-hybridized carbons (Fsp3) is 0.167. The van der Waals surface area contributed by atoms with E-state index in [0.29, 0.717) is 12.1 Å². The molecule has 0 atom stereocenters. The van der Waals surface area contributed by atoms with Gasteiger partial charge in [0, 0.05) is 0 Å². The number of rotatable bonds is 4. The largest absolute Gasteiger partial charge is 0.534 e. The van der Waals surface area contributed by atoms with Gasteiger partial charge in [-0.2, -0.15) is 43.2 Å². The molecule has 0 aliphatic carbocycles. The molecular weight excluding hydrogens is 418 g/mol. The van der Waals surface area contributed by atoms with E-state index in [-0.39, 0.29) is 10.8 Å². The highest BCUT2D eigenvalue weighted by Crippen LogP contribution is 2.39. The quantitative estimate of drug-likeness (QED) is 0.425. The van der Waals surface area contributed by atoms with Gasteiger partial charge in [0.25, 0.3) is 0 Å². The van der Waals surface area contributed by atoms with E-state index >= 15 is 0 Å². The van der Waals surface area contributed by atoms with Crippen molar-refractivity contribution in [2.45, 2.75) is 11.0 Å². The summed E-state index contributed by atoms with van der Waals surface area (Å²) in [6.07, 6.45) is 0. The fourth-order valence-corrected chi connectivity index (χ4v) is 2.58. The number of fused-ring (bicyclic) bond motifs is 1. The summed E-state index contributed by atoms with van der Waals surface area (Å²) < 4.78 is 127. The molecule has 0 amide bonds. The molecule has 26 heavy (non-hydrogen) atoms. The van der Waals surface area contributed by atoms with E-state index in [2.05, 4.69) is 8.37 Å². The Bertz CT molecular complexity index is 956. The first-order valence-electron chi connectivity index (χ1n) is 6.18. The van der Waals surface area contributed by atoms with E-state index in [0.717, 1.165) is 0 Å². The van der Waals surface area contributed by atoms with Gasteiger partial charge in [-0.3, -0.25) is 0 Å². The first-order valence-corrected chi connectivity index (χ1v) is 9.00. The summed E-state index contributed by atoms with van der Waals surface area (Å²) in [5.74, 6) is -2.76. The van der Waals surface area contributed by atoms with Crippen LogP contribution in [0.2, 0.25) is 0 Å². The summed E-state index contributed by atoms with van der Waals surface area (Å²) in [6, 6.07) is 6.50. The second-order valence-electron chi connectivity index (χ2n) is 4.61. The highest BCUT2D eigenvalue weighted by molar-refractivity contribution is 7.88. The van der Waals surface area contributed by atoms with Crippen LogP contribution in [0.5, 0.6) is 11.5 Å². The maximum absolute atomic E-state index is 12.4. The van der Waals surface area contributed by atoms with Crippen molar-refractivity contribution in [3.05, 3.63) is 36.4 Å². The van der Waals surface area contributed by atoms with Crippen LogP contribution < -0.4 is 8.37 Å². The van der Waals surface area contributed by atoms with E-state index in [1.54, 1.807) is 0 Å². The van der Waals surface area contributed by atoms with Gasteiger partial charge in [0.15, 0.2) is 11.5 Å². The van der Waals surface area contributed by atoms with E-state index in [1.165, 1.54) is 24.3 Å². The lowest BCUT2D eigenvalue weighted by atomic mass is 10.1. The lowest BCUT2D eigenvalue weighted by Gasteiger charge is -2.15. The summed E-state index contributed by atoms with van der Waals surface area (Å²) in [5.41, 5.74) is -11.8. The molecule has 0 fully saturated rings. The Hall–Kier alpha value is -2.22. The molecule has 0 saturated heterocycles. The molecule has 6 nitrogen and oxygen atoms in total. The minimum Gasteiger partial charge on any atom is -0.372 e. The molecule has 0 saturated carbocycles. The molecule has 0 aliphatic rings. The standard InChI is InChI=1S/C12H6F6O6S2/c13-11(14,15)25(19,20)23-9-5-7-3-1-2-4-8(7)6-10(9)24-26(21,22)12(16,17)18/h1-6H. The fourth-order valence-electron chi connectivity index (χ4n) is 1.66. The Morgan fingerprint density at radius 1 is 0.654 bits per heavy atom. The third kappa shape index (κ3) is 3.95. The average Bonchev–Trinajstić information content (AvgIpc) is 2.44. The van der Waals surface area contributed by atoms with Gasteiger partial charge in [-0.15, -0.1) is 0 Å². The molecule has 0 unspecified atom stereocenters. The first-order chi connectivity index (χ1) is 11.6. The Morgan fingerprint density at radius 2 is 0.962 bits per heavy atom. The zero-order valence-electron chi connectivity index (χ0n) is 12.0. The van der Waals surface area contributed by atoms with Gasteiger partial charge in [0.05, 0.1) is 0 Å². The van der Waals surface area contributed by atoms with Crippen LogP contribution in [-0.2, 0) is 20.2 Å². The summed E-state index contributed by atoms with van der Waals surface area (Å²) in [6.45, 7) is 0. The van der Waals surface area contributed by atoms with Gasteiger partial charge < -0.3 is 8.37 Å². The van der Waals surface area contributed by atoms with Gasteiger partial charge in [-0.05, 0) is 22.9 Å². The van der Waals surface area contributed by atoms with Crippen LogP contribution in [0.3, 0.4) is 0 Å². The van der Waals surface area contributed by atoms with Crippen molar-refractivity contribution in [2.75, 3.05) is 0 Å². The highest BCUT2D eigenvalue weighted by Gasteiger charge is 2.51. The van der Waals surface area contributed by atoms with Crippen molar-refractivity contribution in [3.63, 3.8) is 0 Å². The smallest absolute Gasteiger partial charge is 0.372 e. The second-order valence-corrected chi connectivity index (χ2v) is 7.69. The van der Waals surface area contributed by atoms with Crippen LogP contribution in [0.15, 0.2) is 36.4 Å². The van der Waals surface area contributed by atoms with Crippen LogP contribution in [0, 0.1) is 0 Å². The highest BCUT2D eigenvalue weighted by atomic mass is 32.2. The molecule has 0 heterocycles. The predicted molar refractivity (Wildman–Crippen MR) is 75.2 cm³/mol. The average molecular weight is 424 g/mol. The molecular formula is C12H6F6O6S2. The van der Waals surface area contributed by atoms with Crippen molar-refractivity contribution in [1.82, 2.24) is 0 Å². The Labute approximate surface area is 142 Å². The molecule has 144 valence electrons. The maximum atomic E-state index is 12.4. The van der Waals surface area contributed by atoms with Crippen LogP contribution >= 0.6 is 0 Å². The first kappa shape index (κ1) is 20.1. The summed E-state index contributed by atoms with van der Waals surface area (Å²) in [4.78, 5) is 0. The molecule has 0 radical (unpaired) electrons. The third-order valence-electron chi connectivity index (χ3n) is 2.78. The molecule has 2 aromatic rings. The maximum Gasteiger partial charge on any atom is 0.534 e. The van der Waals surface area contributed by atoms with E-state index in [9.17, 15) is 43.2 Å². The lowest BCUT2D eigenvalue weighted by molar-refractivity contribution is -0.0513. The molecule has 2 rings (SSSR count). The Balaban J connectivity index is 2.64. The summed E-state index contributed by atoms with van der Waals surface area (Å²) >= 11 is 0. The number of hydrogen-bond acceptors (Lipinski definition) is 6. The van der Waals surface area contributed by atoms with E-state index in [4.69, 9.17) is 0 Å². The molecule has 14 heteroatoms. The number of halogens is 6. The molecule has 0 aromatic heterocycles. The predicted octanol–water partition coefficient (Wildman–Crippen LogP) is 3.30. The minimum atomic E-state index is -6.29. The zero-order valence-corrected chi connectivity index (χ0v) is 13.6. The van der Waals surface area contributed by atoms with Crippen LogP contribution in [-0.4, -0.2) is 27.9 Å². The van der Waals surface area contributed by atoms with Gasteiger partial charge in [-0.1, -0.05) is 24.3 Å². The van der Waals surface area contributed by atoms with Crippen molar-refractivity contribution in [2.24, 2.45) is 0 Å². The monoisotopic (exact) mass is 424 g/mol. The van der Waals surface area contributed by atoms with Crippen molar-refractivity contribution in [3.8, 4) is 11.5 Å². The van der Waals surface area contributed by atoms with Crippen molar-refractivity contribution in [1.29, 1.82) is 0 Å². The topological polar surface area (TPSA) is 86.7 Å². The lowest BCUT2D eigenvalue weighted by Crippen LogP contribution is -2.30. The molecule has 2 aromatic carbocycles. The Morgan fingerprint density at radius 3 is 1.23 bits per heavy atom. The molecule has 0 bridgehead atoms. The van der Waals surface area contributed by atoms with E-state index in [1.807, 2.05) is 0 Å².